The fraction of sp³-hybridized carbons (Fsp3) is 0.0370. The van der Waals surface area contributed by atoms with Gasteiger partial charge in [0.05, 0.1) is 22.1 Å². The van der Waals surface area contributed by atoms with E-state index >= 15 is 0 Å². The largest absolute Gasteiger partial charge is 0.338 e. The normalized spacial score (nSPS) is 12.2. The van der Waals surface area contributed by atoms with Crippen LogP contribution in [-0.4, -0.2) is 39.9 Å². The lowest BCUT2D eigenvalue weighted by atomic mass is 10.2. The summed E-state index contributed by atoms with van der Waals surface area (Å²) in [6.07, 6.45) is 12.9. The number of nitrogens with zero attached hydrogens (tertiary/aromatic N) is 6. The molecule has 0 aliphatic heterocycles. The Balaban J connectivity index is 1.23. The molecular formula is C27H20N8. The number of allylic oxidation sites excluding steroid dienone is 2. The van der Waals surface area contributed by atoms with Gasteiger partial charge in [-0.3, -0.25) is 0 Å². The predicted molar refractivity (Wildman–Crippen MR) is 137 cm³/mol. The van der Waals surface area contributed by atoms with Gasteiger partial charge >= 0.3 is 0 Å². The number of rotatable bonds is 5. The van der Waals surface area contributed by atoms with Gasteiger partial charge in [-0.2, -0.15) is 0 Å². The van der Waals surface area contributed by atoms with E-state index in [1.54, 1.807) is 36.9 Å². The fourth-order valence-electron chi connectivity index (χ4n) is 3.85. The van der Waals surface area contributed by atoms with Gasteiger partial charge in [-0.15, -0.1) is 0 Å². The zero-order valence-electron chi connectivity index (χ0n) is 18.8. The SMILES string of the molecule is CC(C=Cc1nc2cc(-c3ncccn3)ccc2[nH]1)=Cc1nc2cc(-c3ncccn3)ccc2[nH]1. The fourth-order valence-corrected chi connectivity index (χ4v) is 3.85. The molecule has 0 aliphatic carbocycles. The lowest BCUT2D eigenvalue weighted by Gasteiger charge is -1.98. The van der Waals surface area contributed by atoms with Gasteiger partial charge in [0.15, 0.2) is 11.6 Å². The molecule has 0 aliphatic rings. The van der Waals surface area contributed by atoms with E-state index in [0.29, 0.717) is 11.6 Å². The molecule has 168 valence electrons. The highest BCUT2D eigenvalue weighted by atomic mass is 14.9. The highest BCUT2D eigenvalue weighted by Crippen LogP contribution is 2.22. The molecule has 4 heterocycles. The van der Waals surface area contributed by atoms with E-state index in [4.69, 9.17) is 9.97 Å². The molecule has 0 saturated carbocycles. The van der Waals surface area contributed by atoms with Crippen LogP contribution in [0.1, 0.15) is 18.6 Å². The summed E-state index contributed by atoms with van der Waals surface area (Å²) < 4.78 is 0. The first-order valence-electron chi connectivity index (χ1n) is 11.1. The molecule has 0 radical (unpaired) electrons. The predicted octanol–water partition coefficient (Wildman–Crippen LogP) is 5.47. The van der Waals surface area contributed by atoms with Gasteiger partial charge in [0.25, 0.3) is 0 Å². The molecular weight excluding hydrogens is 436 g/mol. The van der Waals surface area contributed by atoms with Crippen LogP contribution in [0.5, 0.6) is 0 Å². The van der Waals surface area contributed by atoms with E-state index in [1.165, 1.54) is 0 Å². The van der Waals surface area contributed by atoms with Gasteiger partial charge in [0, 0.05) is 35.9 Å². The number of fused-ring (bicyclic) bond motifs is 2. The quantitative estimate of drug-likeness (QED) is 0.333. The smallest absolute Gasteiger partial charge is 0.159 e. The van der Waals surface area contributed by atoms with Crippen molar-refractivity contribution in [1.82, 2.24) is 39.9 Å². The Morgan fingerprint density at radius 2 is 1.20 bits per heavy atom. The minimum atomic E-state index is 0.683. The molecule has 6 aromatic rings. The Hall–Kier alpha value is -4.98. The third-order valence-corrected chi connectivity index (χ3v) is 5.52. The number of nitrogens with one attached hydrogen (secondary N) is 2. The van der Waals surface area contributed by atoms with E-state index in [2.05, 4.69) is 29.9 Å². The zero-order chi connectivity index (χ0) is 23.6. The van der Waals surface area contributed by atoms with Crippen LogP contribution in [0.2, 0.25) is 0 Å². The first-order chi connectivity index (χ1) is 17.2. The van der Waals surface area contributed by atoms with Crippen molar-refractivity contribution in [2.24, 2.45) is 0 Å². The summed E-state index contributed by atoms with van der Waals surface area (Å²) in [6.45, 7) is 2.03. The van der Waals surface area contributed by atoms with E-state index < -0.39 is 0 Å². The molecule has 0 unspecified atom stereocenters. The van der Waals surface area contributed by atoms with Gasteiger partial charge in [-0.05, 0) is 73.2 Å². The van der Waals surface area contributed by atoms with Gasteiger partial charge < -0.3 is 9.97 Å². The van der Waals surface area contributed by atoms with Crippen LogP contribution >= 0.6 is 0 Å². The molecule has 0 atom stereocenters. The number of benzene rings is 2. The van der Waals surface area contributed by atoms with Crippen LogP contribution in [0.4, 0.5) is 0 Å². The minimum Gasteiger partial charge on any atom is -0.338 e. The summed E-state index contributed by atoms with van der Waals surface area (Å²) in [5.41, 5.74) is 6.56. The Morgan fingerprint density at radius 1 is 0.686 bits per heavy atom. The molecule has 8 heteroatoms. The van der Waals surface area contributed by atoms with Crippen LogP contribution in [0.25, 0.3) is 57.0 Å². The first kappa shape index (κ1) is 20.6. The Morgan fingerprint density at radius 3 is 1.77 bits per heavy atom. The summed E-state index contributed by atoms with van der Waals surface area (Å²) in [5.74, 6) is 2.92. The summed E-state index contributed by atoms with van der Waals surface area (Å²) in [4.78, 5) is 33.3. The van der Waals surface area contributed by atoms with Crippen molar-refractivity contribution in [3.8, 4) is 22.8 Å². The molecule has 0 bridgehead atoms. The highest BCUT2D eigenvalue weighted by Gasteiger charge is 2.07. The van der Waals surface area contributed by atoms with Crippen molar-refractivity contribution in [1.29, 1.82) is 0 Å². The number of aromatic amines is 2. The summed E-state index contributed by atoms with van der Waals surface area (Å²) in [7, 11) is 0. The number of hydrogen-bond donors (Lipinski definition) is 2. The lowest BCUT2D eigenvalue weighted by molar-refractivity contribution is 1.18. The molecule has 0 spiro atoms. The summed E-state index contributed by atoms with van der Waals surface area (Å²) in [5, 5.41) is 0. The maximum Gasteiger partial charge on any atom is 0.159 e. The van der Waals surface area contributed by atoms with E-state index in [1.807, 2.05) is 61.5 Å². The highest BCUT2D eigenvalue weighted by molar-refractivity contribution is 5.83. The van der Waals surface area contributed by atoms with Crippen molar-refractivity contribution in [2.75, 3.05) is 0 Å². The van der Waals surface area contributed by atoms with Gasteiger partial charge in [0.2, 0.25) is 0 Å². The molecule has 35 heavy (non-hydrogen) atoms. The Bertz CT molecular complexity index is 1700. The van der Waals surface area contributed by atoms with Crippen molar-refractivity contribution in [3.63, 3.8) is 0 Å². The molecule has 0 amide bonds. The molecule has 0 fully saturated rings. The monoisotopic (exact) mass is 456 g/mol. The second-order valence-electron chi connectivity index (χ2n) is 8.07. The van der Waals surface area contributed by atoms with Crippen molar-refractivity contribution in [2.45, 2.75) is 6.92 Å². The van der Waals surface area contributed by atoms with Crippen LogP contribution in [0.15, 0.2) is 85.0 Å². The Labute approximate surface area is 200 Å². The molecule has 2 N–H and O–H groups in total. The zero-order valence-corrected chi connectivity index (χ0v) is 18.8. The Kier molecular flexibility index (Phi) is 5.16. The average Bonchev–Trinajstić information content (AvgIpc) is 3.50. The van der Waals surface area contributed by atoms with Gasteiger partial charge in [0.1, 0.15) is 11.6 Å². The summed E-state index contributed by atoms with van der Waals surface area (Å²) in [6, 6.07) is 15.6. The van der Waals surface area contributed by atoms with Crippen LogP contribution < -0.4 is 0 Å². The van der Waals surface area contributed by atoms with Crippen molar-refractivity contribution < 1.29 is 0 Å². The van der Waals surface area contributed by atoms with Crippen LogP contribution in [0, 0.1) is 0 Å². The minimum absolute atomic E-state index is 0.683. The van der Waals surface area contributed by atoms with Crippen molar-refractivity contribution >= 4 is 34.2 Å². The van der Waals surface area contributed by atoms with Crippen molar-refractivity contribution in [3.05, 3.63) is 96.6 Å². The number of hydrogen-bond acceptors (Lipinski definition) is 6. The van der Waals surface area contributed by atoms with Crippen LogP contribution in [0.3, 0.4) is 0 Å². The number of H-pyrrole nitrogens is 2. The third-order valence-electron chi connectivity index (χ3n) is 5.52. The van der Waals surface area contributed by atoms with Gasteiger partial charge in [-0.1, -0.05) is 6.08 Å². The molecule has 0 saturated heterocycles. The first-order valence-corrected chi connectivity index (χ1v) is 11.1. The maximum absolute atomic E-state index is 4.71. The maximum atomic E-state index is 4.71. The average molecular weight is 457 g/mol. The molecule has 8 nitrogen and oxygen atoms in total. The van der Waals surface area contributed by atoms with E-state index in [9.17, 15) is 0 Å². The van der Waals surface area contributed by atoms with E-state index in [-0.39, 0.29) is 0 Å². The lowest BCUT2D eigenvalue weighted by Crippen LogP contribution is -1.86. The second kappa shape index (κ2) is 8.75. The number of aromatic nitrogens is 8. The summed E-state index contributed by atoms with van der Waals surface area (Å²) >= 11 is 0. The van der Waals surface area contributed by atoms with E-state index in [0.717, 1.165) is 50.4 Å². The molecule has 4 aromatic heterocycles. The molecule has 6 rings (SSSR count). The second-order valence-corrected chi connectivity index (χ2v) is 8.07. The van der Waals surface area contributed by atoms with Gasteiger partial charge in [-0.25, -0.2) is 29.9 Å². The number of imidazole rings is 2. The molecule has 2 aromatic carbocycles. The van der Waals surface area contributed by atoms with Crippen LogP contribution in [-0.2, 0) is 0 Å². The standard InChI is InChI=1S/C27H20N8/c1-17(14-25-33-21-8-6-19(16-23(21)35-25)27-30-12-3-13-31-27)4-9-24-32-20-7-5-18(15-22(20)34-24)26-28-10-2-11-29-26/h2-16H,1H3,(H,32,34)(H,33,35). The third kappa shape index (κ3) is 4.32. The topological polar surface area (TPSA) is 109 Å².